The highest BCUT2D eigenvalue weighted by molar-refractivity contribution is 5.78. The van der Waals surface area contributed by atoms with Crippen LogP contribution in [0.3, 0.4) is 0 Å². The Balaban J connectivity index is 2.92. The van der Waals surface area contributed by atoms with Crippen molar-refractivity contribution < 1.29 is 14.3 Å². The summed E-state index contributed by atoms with van der Waals surface area (Å²) in [7, 11) is 0. The Morgan fingerprint density at radius 2 is 2.11 bits per heavy atom. The van der Waals surface area contributed by atoms with Crippen LogP contribution in [-0.2, 0) is 11.3 Å². The summed E-state index contributed by atoms with van der Waals surface area (Å²) in [5.41, 5.74) is -0.409. The van der Waals surface area contributed by atoms with Crippen molar-refractivity contribution in [1.29, 1.82) is 5.26 Å². The number of rotatable bonds is 6. The Morgan fingerprint density at radius 3 is 2.58 bits per heavy atom. The first-order valence-corrected chi connectivity index (χ1v) is 6.16. The molecule has 2 N–H and O–H groups in total. The SMILES string of the molecule is CCC(CC)(NCc1cc(C#N)ccc1F)C(=O)O. The van der Waals surface area contributed by atoms with Gasteiger partial charge in [0.2, 0.25) is 0 Å². The first kappa shape index (κ1) is 15.1. The molecular weight excluding hydrogens is 247 g/mol. The molecule has 0 aliphatic carbocycles. The number of carboxylic acids is 1. The second-order valence-electron chi connectivity index (χ2n) is 4.37. The van der Waals surface area contributed by atoms with Crippen LogP contribution in [0, 0.1) is 17.1 Å². The molecule has 0 spiro atoms. The van der Waals surface area contributed by atoms with Gasteiger partial charge in [-0.1, -0.05) is 13.8 Å². The third-order valence-electron chi connectivity index (χ3n) is 3.41. The van der Waals surface area contributed by atoms with E-state index in [2.05, 4.69) is 5.32 Å². The van der Waals surface area contributed by atoms with E-state index in [1.807, 2.05) is 6.07 Å². The van der Waals surface area contributed by atoms with Crippen LogP contribution in [0.2, 0.25) is 0 Å². The fourth-order valence-electron chi connectivity index (χ4n) is 1.92. The van der Waals surface area contributed by atoms with Gasteiger partial charge in [0.25, 0.3) is 0 Å². The Kier molecular flexibility index (Phi) is 5.02. The van der Waals surface area contributed by atoms with E-state index in [0.29, 0.717) is 24.0 Å². The van der Waals surface area contributed by atoms with E-state index in [0.717, 1.165) is 0 Å². The van der Waals surface area contributed by atoms with Gasteiger partial charge in [-0.3, -0.25) is 10.1 Å². The van der Waals surface area contributed by atoms with Crippen molar-refractivity contribution in [1.82, 2.24) is 5.32 Å². The standard InChI is InChI=1S/C14H17FN2O2/c1-3-14(4-2,13(18)19)17-9-11-7-10(8-16)5-6-12(11)15/h5-7,17H,3-4,9H2,1-2H3,(H,18,19). The smallest absolute Gasteiger partial charge is 0.323 e. The molecule has 102 valence electrons. The number of nitrogens with zero attached hydrogens (tertiary/aromatic N) is 1. The Hall–Kier alpha value is -1.93. The van der Waals surface area contributed by atoms with Crippen molar-refractivity contribution in [2.45, 2.75) is 38.8 Å². The third-order valence-corrected chi connectivity index (χ3v) is 3.41. The summed E-state index contributed by atoms with van der Waals surface area (Å²) in [5, 5.41) is 20.9. The second-order valence-corrected chi connectivity index (χ2v) is 4.37. The van der Waals surface area contributed by atoms with Crippen LogP contribution in [0.4, 0.5) is 4.39 Å². The zero-order valence-electron chi connectivity index (χ0n) is 11.0. The van der Waals surface area contributed by atoms with Crippen molar-refractivity contribution in [2.24, 2.45) is 0 Å². The van der Waals surface area contributed by atoms with Crippen LogP contribution in [0.5, 0.6) is 0 Å². The van der Waals surface area contributed by atoms with Crippen LogP contribution in [-0.4, -0.2) is 16.6 Å². The first-order chi connectivity index (χ1) is 8.99. The fourth-order valence-corrected chi connectivity index (χ4v) is 1.92. The van der Waals surface area contributed by atoms with Gasteiger partial charge in [-0.2, -0.15) is 5.26 Å². The molecule has 0 bridgehead atoms. The summed E-state index contributed by atoms with van der Waals surface area (Å²) >= 11 is 0. The van der Waals surface area contributed by atoms with Gasteiger partial charge in [-0.15, -0.1) is 0 Å². The molecule has 1 aromatic carbocycles. The lowest BCUT2D eigenvalue weighted by Gasteiger charge is -2.28. The summed E-state index contributed by atoms with van der Waals surface area (Å²) in [6.07, 6.45) is 0.802. The molecule has 0 fully saturated rings. The van der Waals surface area contributed by atoms with E-state index >= 15 is 0 Å². The van der Waals surface area contributed by atoms with Gasteiger partial charge in [0, 0.05) is 12.1 Å². The lowest BCUT2D eigenvalue weighted by molar-refractivity contribution is -0.145. The number of hydrogen-bond acceptors (Lipinski definition) is 3. The Bertz CT molecular complexity index is 505. The first-order valence-electron chi connectivity index (χ1n) is 6.16. The predicted molar refractivity (Wildman–Crippen MR) is 68.9 cm³/mol. The van der Waals surface area contributed by atoms with E-state index in [9.17, 15) is 14.3 Å². The number of nitrogens with one attached hydrogen (secondary N) is 1. The van der Waals surface area contributed by atoms with Gasteiger partial charge in [-0.25, -0.2) is 4.39 Å². The van der Waals surface area contributed by atoms with Gasteiger partial charge >= 0.3 is 5.97 Å². The minimum Gasteiger partial charge on any atom is -0.480 e. The fraction of sp³-hybridized carbons (Fsp3) is 0.429. The van der Waals surface area contributed by atoms with Crippen molar-refractivity contribution >= 4 is 5.97 Å². The summed E-state index contributed by atoms with van der Waals surface area (Å²) < 4.78 is 13.6. The van der Waals surface area contributed by atoms with Gasteiger partial charge in [0.05, 0.1) is 11.6 Å². The van der Waals surface area contributed by atoms with Crippen LogP contribution in [0.15, 0.2) is 18.2 Å². The third kappa shape index (κ3) is 3.30. The topological polar surface area (TPSA) is 73.1 Å². The largest absolute Gasteiger partial charge is 0.480 e. The molecule has 0 aliphatic rings. The van der Waals surface area contributed by atoms with E-state index in [-0.39, 0.29) is 6.54 Å². The molecule has 0 radical (unpaired) electrons. The molecule has 19 heavy (non-hydrogen) atoms. The van der Waals surface area contributed by atoms with Crippen LogP contribution in [0.1, 0.15) is 37.8 Å². The highest BCUT2D eigenvalue weighted by Crippen LogP contribution is 2.18. The molecule has 0 amide bonds. The maximum Gasteiger partial charge on any atom is 0.323 e. The molecule has 4 nitrogen and oxygen atoms in total. The maximum absolute atomic E-state index is 13.6. The average molecular weight is 264 g/mol. The van der Waals surface area contributed by atoms with Gasteiger partial charge < -0.3 is 5.11 Å². The number of aliphatic carboxylic acids is 1. The molecule has 0 saturated heterocycles. The number of halogens is 1. The molecule has 1 rings (SSSR count). The number of benzene rings is 1. The predicted octanol–water partition coefficient (Wildman–Crippen LogP) is 2.43. The summed E-state index contributed by atoms with van der Waals surface area (Å²) in [5.74, 6) is -1.40. The molecule has 0 unspecified atom stereocenters. The molecule has 0 heterocycles. The number of hydrogen-bond donors (Lipinski definition) is 2. The Labute approximate surface area is 111 Å². The van der Waals surface area contributed by atoms with Crippen molar-refractivity contribution in [3.8, 4) is 6.07 Å². The highest BCUT2D eigenvalue weighted by atomic mass is 19.1. The quantitative estimate of drug-likeness (QED) is 0.827. The zero-order valence-corrected chi connectivity index (χ0v) is 11.0. The van der Waals surface area contributed by atoms with Crippen molar-refractivity contribution in [2.75, 3.05) is 0 Å². The summed E-state index contributed by atoms with van der Waals surface area (Å²) in [4.78, 5) is 11.3. The maximum atomic E-state index is 13.6. The second kappa shape index (κ2) is 6.30. The van der Waals surface area contributed by atoms with Crippen molar-refractivity contribution in [3.05, 3.63) is 35.1 Å². The van der Waals surface area contributed by atoms with Gasteiger partial charge in [0.1, 0.15) is 11.4 Å². The van der Waals surface area contributed by atoms with E-state index in [1.165, 1.54) is 18.2 Å². The molecular formula is C14H17FN2O2. The molecule has 5 heteroatoms. The van der Waals surface area contributed by atoms with Crippen LogP contribution < -0.4 is 5.32 Å². The zero-order chi connectivity index (χ0) is 14.5. The average Bonchev–Trinajstić information content (AvgIpc) is 2.42. The molecule has 0 atom stereocenters. The van der Waals surface area contributed by atoms with E-state index in [4.69, 9.17) is 5.26 Å². The Morgan fingerprint density at radius 1 is 1.47 bits per heavy atom. The van der Waals surface area contributed by atoms with E-state index < -0.39 is 17.3 Å². The van der Waals surface area contributed by atoms with Crippen LogP contribution in [0.25, 0.3) is 0 Å². The molecule has 0 aromatic heterocycles. The molecule has 0 aliphatic heterocycles. The van der Waals surface area contributed by atoms with Gasteiger partial charge in [0.15, 0.2) is 0 Å². The lowest BCUT2D eigenvalue weighted by Crippen LogP contribution is -2.50. The summed E-state index contributed by atoms with van der Waals surface area (Å²) in [6, 6.07) is 5.97. The van der Waals surface area contributed by atoms with Crippen molar-refractivity contribution in [3.63, 3.8) is 0 Å². The molecule has 0 saturated carbocycles. The number of carboxylic acid groups (broad SMARTS) is 1. The number of nitriles is 1. The number of carbonyl (C=O) groups is 1. The van der Waals surface area contributed by atoms with E-state index in [1.54, 1.807) is 13.8 Å². The summed E-state index contributed by atoms with van der Waals surface area (Å²) in [6.45, 7) is 3.62. The molecule has 1 aromatic rings. The highest BCUT2D eigenvalue weighted by Gasteiger charge is 2.34. The van der Waals surface area contributed by atoms with Gasteiger partial charge in [-0.05, 0) is 31.0 Å². The monoisotopic (exact) mass is 264 g/mol. The minimum atomic E-state index is -1.06. The normalized spacial score (nSPS) is 11.1. The lowest BCUT2D eigenvalue weighted by atomic mass is 9.92. The van der Waals surface area contributed by atoms with Crippen LogP contribution >= 0.6 is 0 Å². The minimum absolute atomic E-state index is 0.0787.